The minimum atomic E-state index is -0.292. The van der Waals surface area contributed by atoms with Crippen molar-refractivity contribution in [2.75, 3.05) is 12.4 Å². The van der Waals surface area contributed by atoms with E-state index >= 15 is 0 Å². The molecule has 0 bridgehead atoms. The number of nitriles is 1. The Bertz CT molecular complexity index is 942. The van der Waals surface area contributed by atoms with Crippen molar-refractivity contribution in [2.24, 2.45) is 0 Å². The lowest BCUT2D eigenvalue weighted by molar-refractivity contribution is 0.415. The van der Waals surface area contributed by atoms with Crippen LogP contribution in [0.15, 0.2) is 60.1 Å². The number of nitrogens with one attached hydrogen (secondary N) is 1. The van der Waals surface area contributed by atoms with Crippen molar-refractivity contribution in [2.45, 2.75) is 0 Å². The number of hydrogen-bond donors (Lipinski definition) is 1. The van der Waals surface area contributed by atoms with Crippen LogP contribution in [-0.2, 0) is 0 Å². The SMILES string of the molecule is COc1cccc(N/C=C(/C#N)c2nc(-c3ccc(F)cc3)cs2)c1. The van der Waals surface area contributed by atoms with Crippen LogP contribution in [-0.4, -0.2) is 12.1 Å². The van der Waals surface area contributed by atoms with Gasteiger partial charge in [0.2, 0.25) is 0 Å². The fraction of sp³-hybridized carbons (Fsp3) is 0.0526. The number of methoxy groups -OCH3 is 1. The zero-order valence-electron chi connectivity index (χ0n) is 13.4. The van der Waals surface area contributed by atoms with Gasteiger partial charge < -0.3 is 10.1 Å². The molecule has 124 valence electrons. The van der Waals surface area contributed by atoms with Crippen molar-refractivity contribution in [3.63, 3.8) is 0 Å². The van der Waals surface area contributed by atoms with Crippen LogP contribution in [0.4, 0.5) is 10.1 Å². The average molecular weight is 351 g/mol. The standard InChI is InChI=1S/C19H14FN3OS/c1-24-17-4-2-3-16(9-17)22-11-14(10-21)19-23-18(12-25-19)13-5-7-15(20)8-6-13/h2-9,11-12,22H,1H3/b14-11-. The third-order valence-corrected chi connectivity index (χ3v) is 4.32. The van der Waals surface area contributed by atoms with Gasteiger partial charge in [-0.15, -0.1) is 11.3 Å². The third kappa shape index (κ3) is 4.03. The van der Waals surface area contributed by atoms with Gasteiger partial charge in [0.1, 0.15) is 28.2 Å². The molecule has 4 nitrogen and oxygen atoms in total. The number of halogens is 1. The predicted molar refractivity (Wildman–Crippen MR) is 97.7 cm³/mol. The van der Waals surface area contributed by atoms with Gasteiger partial charge in [-0.05, 0) is 36.4 Å². The topological polar surface area (TPSA) is 57.9 Å². The van der Waals surface area contributed by atoms with Crippen molar-refractivity contribution in [3.05, 3.63) is 70.9 Å². The molecule has 2 aromatic carbocycles. The number of nitrogens with zero attached hydrogens (tertiary/aromatic N) is 2. The Morgan fingerprint density at radius 1 is 1.28 bits per heavy atom. The Balaban J connectivity index is 1.81. The number of aromatic nitrogens is 1. The smallest absolute Gasteiger partial charge is 0.136 e. The molecule has 25 heavy (non-hydrogen) atoms. The second-order valence-corrected chi connectivity index (χ2v) is 5.95. The molecule has 1 aromatic heterocycles. The zero-order valence-corrected chi connectivity index (χ0v) is 14.2. The normalized spacial score (nSPS) is 11.0. The van der Waals surface area contributed by atoms with Gasteiger partial charge in [-0.3, -0.25) is 0 Å². The van der Waals surface area contributed by atoms with Crippen LogP contribution in [0.25, 0.3) is 16.8 Å². The van der Waals surface area contributed by atoms with Gasteiger partial charge in [-0.25, -0.2) is 9.37 Å². The number of rotatable bonds is 5. The molecule has 1 N–H and O–H groups in total. The van der Waals surface area contributed by atoms with Crippen molar-refractivity contribution in [1.29, 1.82) is 5.26 Å². The molecule has 0 saturated heterocycles. The molecule has 0 amide bonds. The minimum Gasteiger partial charge on any atom is -0.497 e. The van der Waals surface area contributed by atoms with E-state index in [-0.39, 0.29) is 5.82 Å². The van der Waals surface area contributed by atoms with Gasteiger partial charge in [-0.2, -0.15) is 5.26 Å². The average Bonchev–Trinajstić information content (AvgIpc) is 3.13. The maximum absolute atomic E-state index is 13.0. The van der Waals surface area contributed by atoms with Crippen molar-refractivity contribution in [1.82, 2.24) is 4.98 Å². The van der Waals surface area contributed by atoms with Crippen LogP contribution < -0.4 is 10.1 Å². The highest BCUT2D eigenvalue weighted by Gasteiger charge is 2.09. The summed E-state index contributed by atoms with van der Waals surface area (Å²) in [5.74, 6) is 0.434. The minimum absolute atomic E-state index is 0.292. The molecule has 3 aromatic rings. The maximum atomic E-state index is 13.0. The van der Waals surface area contributed by atoms with Crippen LogP contribution in [0.2, 0.25) is 0 Å². The third-order valence-electron chi connectivity index (χ3n) is 3.45. The van der Waals surface area contributed by atoms with Crippen LogP contribution >= 0.6 is 11.3 Å². The second-order valence-electron chi connectivity index (χ2n) is 5.09. The maximum Gasteiger partial charge on any atom is 0.136 e. The van der Waals surface area contributed by atoms with Crippen LogP contribution in [0.1, 0.15) is 5.01 Å². The molecular formula is C19H14FN3OS. The van der Waals surface area contributed by atoms with Gasteiger partial charge in [0.15, 0.2) is 0 Å². The highest BCUT2D eigenvalue weighted by Crippen LogP contribution is 2.26. The number of anilines is 1. The van der Waals surface area contributed by atoms with E-state index in [0.717, 1.165) is 17.0 Å². The van der Waals surface area contributed by atoms with Crippen molar-refractivity contribution >= 4 is 22.6 Å². The quantitative estimate of drug-likeness (QED) is 0.662. The first-order chi connectivity index (χ1) is 12.2. The summed E-state index contributed by atoms with van der Waals surface area (Å²) in [6.07, 6.45) is 1.61. The summed E-state index contributed by atoms with van der Waals surface area (Å²) < 4.78 is 18.2. The van der Waals surface area contributed by atoms with Crippen molar-refractivity contribution < 1.29 is 9.13 Å². The lowest BCUT2D eigenvalue weighted by Crippen LogP contribution is -1.92. The molecule has 0 saturated carbocycles. The number of allylic oxidation sites excluding steroid dienone is 1. The lowest BCUT2D eigenvalue weighted by Gasteiger charge is -2.04. The summed E-state index contributed by atoms with van der Waals surface area (Å²) in [6, 6.07) is 15.7. The van der Waals surface area contributed by atoms with E-state index in [0.29, 0.717) is 16.3 Å². The van der Waals surface area contributed by atoms with Crippen molar-refractivity contribution in [3.8, 4) is 23.1 Å². The zero-order chi connectivity index (χ0) is 17.6. The fourth-order valence-electron chi connectivity index (χ4n) is 2.16. The van der Waals surface area contributed by atoms with Gasteiger partial charge >= 0.3 is 0 Å². The van der Waals surface area contributed by atoms with E-state index < -0.39 is 0 Å². The van der Waals surface area contributed by atoms with E-state index in [1.807, 2.05) is 29.6 Å². The molecule has 0 radical (unpaired) electrons. The Morgan fingerprint density at radius 3 is 2.80 bits per heavy atom. The van der Waals surface area contributed by atoms with E-state index in [4.69, 9.17) is 4.74 Å². The van der Waals surface area contributed by atoms with Gasteiger partial charge in [0.05, 0.1) is 12.8 Å². The van der Waals surface area contributed by atoms with E-state index in [2.05, 4.69) is 16.4 Å². The molecule has 0 spiro atoms. The van der Waals surface area contributed by atoms with Gasteiger partial charge in [-0.1, -0.05) is 6.07 Å². The summed E-state index contributed by atoms with van der Waals surface area (Å²) >= 11 is 1.36. The largest absolute Gasteiger partial charge is 0.497 e. The monoisotopic (exact) mass is 351 g/mol. The summed E-state index contributed by atoms with van der Waals surface area (Å²) in [4.78, 5) is 4.47. The van der Waals surface area contributed by atoms with Gasteiger partial charge in [0, 0.05) is 28.9 Å². The number of ether oxygens (including phenoxy) is 1. The number of thiazole rings is 1. The van der Waals surface area contributed by atoms with E-state index in [9.17, 15) is 9.65 Å². The van der Waals surface area contributed by atoms with E-state index in [1.165, 1.54) is 23.5 Å². The molecule has 1 heterocycles. The summed E-state index contributed by atoms with van der Waals surface area (Å²) in [7, 11) is 1.60. The first-order valence-electron chi connectivity index (χ1n) is 7.42. The Morgan fingerprint density at radius 2 is 2.08 bits per heavy atom. The Hall–Kier alpha value is -3.17. The summed E-state index contributed by atoms with van der Waals surface area (Å²) in [5.41, 5.74) is 2.74. The molecule has 0 aliphatic carbocycles. The first-order valence-corrected chi connectivity index (χ1v) is 8.30. The molecule has 0 aliphatic rings. The molecule has 6 heteroatoms. The lowest BCUT2D eigenvalue weighted by atomic mass is 10.2. The van der Waals surface area contributed by atoms with Gasteiger partial charge in [0.25, 0.3) is 0 Å². The van der Waals surface area contributed by atoms with E-state index in [1.54, 1.807) is 25.4 Å². The molecule has 0 atom stereocenters. The summed E-state index contributed by atoms with van der Waals surface area (Å²) in [5, 5.41) is 14.9. The van der Waals surface area contributed by atoms with Crippen LogP contribution in [0.3, 0.4) is 0 Å². The highest BCUT2D eigenvalue weighted by atomic mass is 32.1. The summed E-state index contributed by atoms with van der Waals surface area (Å²) in [6.45, 7) is 0. The molecular weight excluding hydrogens is 337 g/mol. The first kappa shape index (κ1) is 16.7. The van der Waals surface area contributed by atoms with Crippen LogP contribution in [0, 0.1) is 17.1 Å². The number of hydrogen-bond acceptors (Lipinski definition) is 5. The Labute approximate surface area is 148 Å². The predicted octanol–water partition coefficient (Wildman–Crippen LogP) is 4.93. The molecule has 0 aliphatic heterocycles. The molecule has 3 rings (SSSR count). The Kier molecular flexibility index (Phi) is 5.07. The molecule has 0 fully saturated rings. The molecule has 0 unspecified atom stereocenters. The number of benzene rings is 2. The fourth-order valence-corrected chi connectivity index (χ4v) is 2.96. The second kappa shape index (κ2) is 7.60. The van der Waals surface area contributed by atoms with Crippen LogP contribution in [0.5, 0.6) is 5.75 Å². The highest BCUT2D eigenvalue weighted by molar-refractivity contribution is 7.11.